The van der Waals surface area contributed by atoms with Gasteiger partial charge in [-0.15, -0.1) is 5.10 Å². The van der Waals surface area contributed by atoms with Crippen molar-refractivity contribution in [1.82, 2.24) is 19.7 Å². The molecular weight excluding hydrogens is 272 g/mol. The molecule has 1 aliphatic rings. The second-order valence-electron chi connectivity index (χ2n) is 4.95. The van der Waals surface area contributed by atoms with Crippen LogP contribution >= 0.6 is 0 Å². The minimum Gasteiger partial charge on any atom is -0.465 e. The molecule has 110 valence electrons. The van der Waals surface area contributed by atoms with E-state index in [1.54, 1.807) is 6.07 Å². The molecule has 0 radical (unpaired) electrons. The number of methoxy groups -OCH3 is 1. The highest BCUT2D eigenvalue weighted by Gasteiger charge is 2.29. The molecule has 0 amide bonds. The number of carbonyl (C=O) groups excluding carboxylic acids is 1. The van der Waals surface area contributed by atoms with Crippen LogP contribution in [0.15, 0.2) is 12.4 Å². The van der Waals surface area contributed by atoms with Gasteiger partial charge >= 0.3 is 5.97 Å². The van der Waals surface area contributed by atoms with Crippen molar-refractivity contribution in [3.8, 4) is 5.82 Å². The summed E-state index contributed by atoms with van der Waals surface area (Å²) in [6.45, 7) is 1.84. The molecule has 8 heteroatoms. The Kier molecular flexibility index (Phi) is 3.20. The van der Waals surface area contributed by atoms with Crippen LogP contribution in [-0.4, -0.2) is 38.9 Å². The van der Waals surface area contributed by atoms with Gasteiger partial charge in [0.2, 0.25) is 0 Å². The molecule has 0 atom stereocenters. The standard InChI is InChI=1S/C13H16N6O2/c1-7-5-9(16-6-15-7)19-11(14)10(13(20)21-2)12(18-19)17-8-3-4-8/h5-6,8H,3-4,14H2,1-2H3,(H,17,18). The zero-order valence-electron chi connectivity index (χ0n) is 11.8. The Balaban J connectivity index is 2.08. The fraction of sp³-hybridized carbons (Fsp3) is 0.385. The summed E-state index contributed by atoms with van der Waals surface area (Å²) in [4.78, 5) is 20.1. The van der Waals surface area contributed by atoms with Gasteiger partial charge in [0.1, 0.15) is 17.7 Å². The molecular formula is C13H16N6O2. The van der Waals surface area contributed by atoms with Crippen LogP contribution in [0.1, 0.15) is 28.9 Å². The third-order valence-electron chi connectivity index (χ3n) is 3.24. The topological polar surface area (TPSA) is 108 Å². The number of anilines is 2. The number of hydrogen-bond donors (Lipinski definition) is 2. The van der Waals surface area contributed by atoms with Gasteiger partial charge in [0.05, 0.1) is 7.11 Å². The lowest BCUT2D eigenvalue weighted by Gasteiger charge is -2.03. The molecule has 0 bridgehead atoms. The van der Waals surface area contributed by atoms with Gasteiger partial charge in [-0.3, -0.25) is 0 Å². The zero-order valence-corrected chi connectivity index (χ0v) is 11.8. The first-order valence-corrected chi connectivity index (χ1v) is 6.62. The van der Waals surface area contributed by atoms with Gasteiger partial charge in [-0.1, -0.05) is 0 Å². The van der Waals surface area contributed by atoms with Gasteiger partial charge in [-0.05, 0) is 19.8 Å². The molecule has 0 saturated heterocycles. The third kappa shape index (κ3) is 2.51. The predicted molar refractivity (Wildman–Crippen MR) is 76.3 cm³/mol. The SMILES string of the molecule is COC(=O)c1c(NC2CC2)nn(-c2cc(C)ncn2)c1N. The molecule has 2 aromatic rings. The molecule has 3 N–H and O–H groups in total. The Morgan fingerprint density at radius 2 is 2.24 bits per heavy atom. The largest absolute Gasteiger partial charge is 0.465 e. The van der Waals surface area contributed by atoms with E-state index in [-0.39, 0.29) is 11.4 Å². The summed E-state index contributed by atoms with van der Waals surface area (Å²) < 4.78 is 6.21. The summed E-state index contributed by atoms with van der Waals surface area (Å²) in [6.07, 6.45) is 3.54. The van der Waals surface area contributed by atoms with Crippen molar-refractivity contribution in [3.05, 3.63) is 23.7 Å². The van der Waals surface area contributed by atoms with Gasteiger partial charge in [-0.25, -0.2) is 14.8 Å². The normalized spacial score (nSPS) is 14.0. The Labute approximate surface area is 121 Å². The summed E-state index contributed by atoms with van der Waals surface area (Å²) in [6, 6.07) is 2.08. The lowest BCUT2D eigenvalue weighted by atomic mass is 10.3. The lowest BCUT2D eigenvalue weighted by Crippen LogP contribution is -2.10. The zero-order chi connectivity index (χ0) is 15.0. The smallest absolute Gasteiger partial charge is 0.345 e. The van der Waals surface area contributed by atoms with E-state index in [1.165, 1.54) is 18.1 Å². The van der Waals surface area contributed by atoms with Crippen molar-refractivity contribution in [2.24, 2.45) is 0 Å². The summed E-state index contributed by atoms with van der Waals surface area (Å²) in [7, 11) is 1.31. The van der Waals surface area contributed by atoms with Crippen LogP contribution in [0.2, 0.25) is 0 Å². The molecule has 2 aromatic heterocycles. The highest BCUT2D eigenvalue weighted by molar-refractivity contribution is 6.00. The monoisotopic (exact) mass is 288 g/mol. The quantitative estimate of drug-likeness (QED) is 0.805. The fourth-order valence-corrected chi connectivity index (χ4v) is 1.99. The molecule has 2 heterocycles. The lowest BCUT2D eigenvalue weighted by molar-refractivity contribution is 0.0603. The average Bonchev–Trinajstić information content (AvgIpc) is 3.21. The second kappa shape index (κ2) is 5.04. The highest BCUT2D eigenvalue weighted by atomic mass is 16.5. The number of nitrogens with zero attached hydrogens (tertiary/aromatic N) is 4. The molecule has 21 heavy (non-hydrogen) atoms. The fourth-order valence-electron chi connectivity index (χ4n) is 1.99. The molecule has 3 rings (SSSR count). The van der Waals surface area contributed by atoms with E-state index in [9.17, 15) is 4.79 Å². The van der Waals surface area contributed by atoms with Crippen LogP contribution in [0.4, 0.5) is 11.6 Å². The first-order chi connectivity index (χ1) is 10.1. The van der Waals surface area contributed by atoms with E-state index in [0.29, 0.717) is 17.7 Å². The average molecular weight is 288 g/mol. The van der Waals surface area contributed by atoms with Gasteiger partial charge in [0, 0.05) is 17.8 Å². The minimum atomic E-state index is -0.521. The van der Waals surface area contributed by atoms with Crippen molar-refractivity contribution >= 4 is 17.6 Å². The van der Waals surface area contributed by atoms with Gasteiger partial charge in [0.25, 0.3) is 0 Å². The van der Waals surface area contributed by atoms with Crippen LogP contribution < -0.4 is 11.1 Å². The van der Waals surface area contributed by atoms with Crippen molar-refractivity contribution in [1.29, 1.82) is 0 Å². The number of nitrogens with two attached hydrogens (primary N) is 1. The van der Waals surface area contributed by atoms with Crippen LogP contribution in [0.3, 0.4) is 0 Å². The van der Waals surface area contributed by atoms with Crippen molar-refractivity contribution in [2.45, 2.75) is 25.8 Å². The van der Waals surface area contributed by atoms with Gasteiger partial charge < -0.3 is 15.8 Å². The number of rotatable bonds is 4. The number of hydrogen-bond acceptors (Lipinski definition) is 7. The van der Waals surface area contributed by atoms with Crippen LogP contribution in [0, 0.1) is 6.92 Å². The number of esters is 1. The van der Waals surface area contributed by atoms with Gasteiger partial charge in [-0.2, -0.15) is 4.68 Å². The highest BCUT2D eigenvalue weighted by Crippen LogP contribution is 2.30. The molecule has 1 aliphatic carbocycles. The molecule has 0 spiro atoms. The number of carbonyl (C=O) groups is 1. The number of aromatic nitrogens is 4. The minimum absolute atomic E-state index is 0.197. The number of aryl methyl sites for hydroxylation is 1. The predicted octanol–water partition coefficient (Wildman–Crippen LogP) is 0.914. The van der Waals surface area contributed by atoms with Gasteiger partial charge in [0.15, 0.2) is 11.6 Å². The van der Waals surface area contributed by atoms with Crippen LogP contribution in [-0.2, 0) is 4.74 Å². The van der Waals surface area contributed by atoms with Crippen molar-refractivity contribution in [2.75, 3.05) is 18.2 Å². The number of nitrogens with one attached hydrogen (secondary N) is 1. The molecule has 0 unspecified atom stereocenters. The molecule has 1 fully saturated rings. The van der Waals surface area contributed by atoms with E-state index in [2.05, 4.69) is 20.4 Å². The Bertz CT molecular complexity index is 692. The molecule has 0 aliphatic heterocycles. The van der Waals surface area contributed by atoms with E-state index in [1.807, 2.05) is 6.92 Å². The second-order valence-corrected chi connectivity index (χ2v) is 4.95. The summed E-state index contributed by atoms with van der Waals surface area (Å²) in [5.41, 5.74) is 7.08. The van der Waals surface area contributed by atoms with Crippen molar-refractivity contribution in [3.63, 3.8) is 0 Å². The van der Waals surface area contributed by atoms with Crippen molar-refractivity contribution < 1.29 is 9.53 Å². The first kappa shape index (κ1) is 13.3. The first-order valence-electron chi connectivity index (χ1n) is 6.62. The molecule has 8 nitrogen and oxygen atoms in total. The number of nitrogen functional groups attached to an aromatic ring is 1. The summed E-state index contributed by atoms with van der Waals surface area (Å²) in [5, 5.41) is 7.55. The number of ether oxygens (including phenoxy) is 1. The molecule has 1 saturated carbocycles. The Morgan fingerprint density at radius 3 is 2.86 bits per heavy atom. The van der Waals surface area contributed by atoms with E-state index < -0.39 is 5.97 Å². The maximum atomic E-state index is 11.9. The third-order valence-corrected chi connectivity index (χ3v) is 3.24. The summed E-state index contributed by atoms with van der Waals surface area (Å²) >= 11 is 0. The maximum Gasteiger partial charge on any atom is 0.345 e. The van der Waals surface area contributed by atoms with E-state index >= 15 is 0 Å². The van der Waals surface area contributed by atoms with E-state index in [0.717, 1.165) is 18.5 Å². The van der Waals surface area contributed by atoms with Crippen LogP contribution in [0.5, 0.6) is 0 Å². The maximum absolute atomic E-state index is 11.9. The molecule has 0 aromatic carbocycles. The van der Waals surface area contributed by atoms with E-state index in [4.69, 9.17) is 10.5 Å². The van der Waals surface area contributed by atoms with Crippen LogP contribution in [0.25, 0.3) is 5.82 Å². The Morgan fingerprint density at radius 1 is 1.48 bits per heavy atom. The Hall–Kier alpha value is -2.64. The summed E-state index contributed by atoms with van der Waals surface area (Å²) in [5.74, 6) is 0.614.